The molecule has 4 heteroatoms. The number of rotatable bonds is 5. The van der Waals surface area contributed by atoms with Crippen LogP contribution in [0.25, 0.3) is 21.9 Å². The first-order valence-corrected chi connectivity index (χ1v) is 21.0. The third-order valence-corrected chi connectivity index (χ3v) is 14.4. The van der Waals surface area contributed by atoms with Crippen molar-refractivity contribution in [3.05, 3.63) is 188 Å². The molecule has 0 radical (unpaired) electrons. The molecule has 2 heterocycles. The first-order valence-electron chi connectivity index (χ1n) is 18.0. The number of benzene rings is 8. The van der Waals surface area contributed by atoms with E-state index < -0.39 is 8.07 Å². The number of anilines is 9. The minimum atomic E-state index is -2.12. The van der Waals surface area contributed by atoms with Crippen molar-refractivity contribution in [2.45, 2.75) is 13.1 Å². The number of nitrogens with zero attached hydrogens (tertiary/aromatic N) is 3. The maximum absolute atomic E-state index is 2.54. The van der Waals surface area contributed by atoms with E-state index in [1.165, 1.54) is 60.7 Å². The molecule has 52 heavy (non-hydrogen) atoms. The minimum absolute atomic E-state index is 1.11. The molecular weight excluding hydrogens is 647 g/mol. The maximum atomic E-state index is 2.54. The normalized spacial score (nSPS) is 13.7. The van der Waals surface area contributed by atoms with Crippen molar-refractivity contribution in [2.24, 2.45) is 0 Å². The van der Waals surface area contributed by atoms with Gasteiger partial charge in [-0.3, -0.25) is 0 Å². The van der Waals surface area contributed by atoms with Crippen LogP contribution in [0.2, 0.25) is 13.1 Å². The molecule has 10 rings (SSSR count). The van der Waals surface area contributed by atoms with E-state index in [0.29, 0.717) is 0 Å². The van der Waals surface area contributed by atoms with E-state index in [4.69, 9.17) is 0 Å². The molecule has 0 aromatic heterocycles. The second kappa shape index (κ2) is 11.9. The second-order valence-corrected chi connectivity index (χ2v) is 18.5. The largest absolute Gasteiger partial charge is 0.311 e. The van der Waals surface area contributed by atoms with E-state index >= 15 is 0 Å². The van der Waals surface area contributed by atoms with E-state index in [9.17, 15) is 0 Å². The predicted molar refractivity (Wildman–Crippen MR) is 224 cm³/mol. The van der Waals surface area contributed by atoms with Gasteiger partial charge in [-0.25, -0.2) is 0 Å². The molecule has 248 valence electrons. The van der Waals surface area contributed by atoms with E-state index in [1.807, 2.05) is 0 Å². The lowest BCUT2D eigenvalue weighted by Crippen LogP contribution is -2.58. The molecule has 2 aliphatic heterocycles. The molecule has 0 fully saturated rings. The van der Waals surface area contributed by atoms with Gasteiger partial charge in [0.2, 0.25) is 0 Å². The Morgan fingerprint density at radius 2 is 0.923 bits per heavy atom. The van der Waals surface area contributed by atoms with Crippen LogP contribution in [0, 0.1) is 0 Å². The third kappa shape index (κ3) is 4.58. The zero-order valence-corrected chi connectivity index (χ0v) is 30.2. The lowest BCUT2D eigenvalue weighted by atomic mass is 9.89. The summed E-state index contributed by atoms with van der Waals surface area (Å²) in [5, 5.41) is 5.44. The van der Waals surface area contributed by atoms with E-state index in [-0.39, 0.29) is 0 Å². The summed E-state index contributed by atoms with van der Waals surface area (Å²) in [5.41, 5.74) is 13.2. The zero-order chi connectivity index (χ0) is 34.8. The van der Waals surface area contributed by atoms with E-state index in [2.05, 4.69) is 216 Å². The lowest BCUT2D eigenvalue weighted by Gasteiger charge is -2.45. The minimum Gasteiger partial charge on any atom is -0.311 e. The van der Waals surface area contributed by atoms with Gasteiger partial charge in [-0.2, -0.15) is 0 Å². The van der Waals surface area contributed by atoms with Gasteiger partial charge in [0.05, 0.1) is 17.1 Å². The SMILES string of the molecule is C[Si]1(C)c2ccccc2N(c2ccccc2)c2c1ccc1c2N(c2ccc(N(c3ccccc3)c3ccccc3)cc2)c2cccc3cccc-1c23. The topological polar surface area (TPSA) is 9.72 Å². The summed E-state index contributed by atoms with van der Waals surface area (Å²) >= 11 is 0. The van der Waals surface area contributed by atoms with Crippen molar-refractivity contribution in [2.75, 3.05) is 14.7 Å². The molecule has 8 aromatic rings. The van der Waals surface area contributed by atoms with Gasteiger partial charge in [-0.05, 0) is 94.1 Å². The highest BCUT2D eigenvalue weighted by molar-refractivity contribution is 7.03. The smallest absolute Gasteiger partial charge is 0.117 e. The molecule has 2 aliphatic rings. The third-order valence-electron chi connectivity index (χ3n) is 10.9. The molecule has 0 amide bonds. The summed E-state index contributed by atoms with van der Waals surface area (Å²) in [6, 6.07) is 68.7. The molecule has 0 N–H and O–H groups in total. The van der Waals surface area contributed by atoms with Crippen molar-refractivity contribution in [3.63, 3.8) is 0 Å². The fourth-order valence-corrected chi connectivity index (χ4v) is 11.5. The summed E-state index contributed by atoms with van der Waals surface area (Å²) in [6.07, 6.45) is 0. The van der Waals surface area contributed by atoms with Gasteiger partial charge in [0, 0.05) is 45.1 Å². The van der Waals surface area contributed by atoms with Crippen molar-refractivity contribution in [1.29, 1.82) is 0 Å². The standard InChI is InChI=1S/C48H37N3Si/c1-52(2)44-27-13-12-25-42(44)50(37-22-10-5-11-23-37)48-45(52)33-32-41-40-24-14-16-34-17-15-26-43(46(34)40)51(47(41)48)39-30-28-38(29-31-39)49(35-18-6-3-7-19-35)36-20-8-4-9-21-36/h3-33H,1-2H3. The van der Waals surface area contributed by atoms with Gasteiger partial charge in [0.15, 0.2) is 0 Å². The molecule has 0 saturated carbocycles. The average molecular weight is 684 g/mol. The molecule has 0 saturated heterocycles. The van der Waals surface area contributed by atoms with Crippen molar-refractivity contribution >= 4 is 80.4 Å². The Morgan fingerprint density at radius 1 is 0.385 bits per heavy atom. The Kier molecular flexibility index (Phi) is 6.95. The first kappa shape index (κ1) is 30.5. The van der Waals surface area contributed by atoms with Gasteiger partial charge >= 0.3 is 0 Å². The molecule has 0 bridgehead atoms. The predicted octanol–water partition coefficient (Wildman–Crippen LogP) is 12.4. The Balaban J connectivity index is 1.24. The summed E-state index contributed by atoms with van der Waals surface area (Å²) in [6.45, 7) is 5.02. The number of hydrogen-bond donors (Lipinski definition) is 0. The summed E-state index contributed by atoms with van der Waals surface area (Å²) in [5.74, 6) is 0. The van der Waals surface area contributed by atoms with Crippen molar-refractivity contribution < 1.29 is 0 Å². The Morgan fingerprint density at radius 3 is 1.62 bits per heavy atom. The highest BCUT2D eigenvalue weighted by Gasteiger charge is 2.42. The van der Waals surface area contributed by atoms with Crippen LogP contribution >= 0.6 is 0 Å². The Bertz CT molecular complexity index is 2560. The monoisotopic (exact) mass is 683 g/mol. The zero-order valence-electron chi connectivity index (χ0n) is 29.2. The highest BCUT2D eigenvalue weighted by Crippen LogP contribution is 2.56. The van der Waals surface area contributed by atoms with Crippen molar-refractivity contribution in [3.8, 4) is 11.1 Å². The van der Waals surface area contributed by atoms with Crippen LogP contribution in [0.5, 0.6) is 0 Å². The van der Waals surface area contributed by atoms with Crippen molar-refractivity contribution in [1.82, 2.24) is 0 Å². The fraction of sp³-hybridized carbons (Fsp3) is 0.0417. The quantitative estimate of drug-likeness (QED) is 0.167. The van der Waals surface area contributed by atoms with Crippen LogP contribution in [0.15, 0.2) is 188 Å². The summed E-state index contributed by atoms with van der Waals surface area (Å²) in [4.78, 5) is 7.40. The van der Waals surface area contributed by atoms with Crippen LogP contribution in [0.1, 0.15) is 0 Å². The molecule has 8 aromatic carbocycles. The van der Waals surface area contributed by atoms with Crippen LogP contribution in [0.3, 0.4) is 0 Å². The van der Waals surface area contributed by atoms with Crippen LogP contribution < -0.4 is 25.1 Å². The van der Waals surface area contributed by atoms with Crippen LogP contribution in [-0.4, -0.2) is 8.07 Å². The second-order valence-electron chi connectivity index (χ2n) is 14.2. The van der Waals surface area contributed by atoms with Crippen LogP contribution in [0.4, 0.5) is 51.2 Å². The lowest BCUT2D eigenvalue weighted by molar-refractivity contribution is 1.22. The molecule has 0 unspecified atom stereocenters. The fourth-order valence-electron chi connectivity index (χ4n) is 8.53. The average Bonchev–Trinajstić information content (AvgIpc) is 3.20. The number of fused-ring (bicyclic) bond motifs is 5. The summed E-state index contributed by atoms with van der Waals surface area (Å²) < 4.78 is 0. The van der Waals surface area contributed by atoms with Crippen LogP contribution in [-0.2, 0) is 0 Å². The van der Waals surface area contributed by atoms with Gasteiger partial charge in [-0.1, -0.05) is 128 Å². The summed E-state index contributed by atoms with van der Waals surface area (Å²) in [7, 11) is -2.12. The molecule has 0 aliphatic carbocycles. The first-order chi connectivity index (χ1) is 25.6. The van der Waals surface area contributed by atoms with Gasteiger partial charge in [0.1, 0.15) is 8.07 Å². The molecule has 0 spiro atoms. The number of para-hydroxylation sites is 4. The highest BCUT2D eigenvalue weighted by atomic mass is 28.3. The van der Waals surface area contributed by atoms with Gasteiger partial charge in [0.25, 0.3) is 0 Å². The van der Waals surface area contributed by atoms with E-state index in [1.54, 1.807) is 0 Å². The number of hydrogen-bond acceptors (Lipinski definition) is 3. The molecule has 0 atom stereocenters. The Labute approximate surface area is 306 Å². The molecule has 3 nitrogen and oxygen atoms in total. The van der Waals surface area contributed by atoms with Gasteiger partial charge < -0.3 is 14.7 Å². The van der Waals surface area contributed by atoms with Gasteiger partial charge in [-0.15, -0.1) is 0 Å². The molecular formula is C48H37N3Si. The maximum Gasteiger partial charge on any atom is 0.117 e. The Hall–Kier alpha value is -6.36. The van der Waals surface area contributed by atoms with E-state index in [0.717, 1.165) is 22.7 Å².